The quantitative estimate of drug-likeness (QED) is 0.878. The first-order valence-electron chi connectivity index (χ1n) is 6.53. The topological polar surface area (TPSA) is 24.9 Å². The average Bonchev–Trinajstić information content (AvgIpc) is 2.80. The van der Waals surface area contributed by atoms with Crippen LogP contribution in [-0.4, -0.2) is 11.5 Å². The van der Waals surface area contributed by atoms with Crippen LogP contribution in [0.4, 0.5) is 0 Å². The summed E-state index contributed by atoms with van der Waals surface area (Å²) in [5.41, 5.74) is 3.36. The van der Waals surface area contributed by atoms with Crippen molar-refractivity contribution in [1.29, 1.82) is 0 Å². The molecule has 102 valence electrons. The molecule has 0 aliphatic heterocycles. The van der Waals surface area contributed by atoms with E-state index in [-0.39, 0.29) is 6.04 Å². The third-order valence-corrected chi connectivity index (χ3v) is 4.26. The molecule has 0 spiro atoms. The van der Waals surface area contributed by atoms with Crippen molar-refractivity contribution in [3.05, 3.63) is 50.4 Å². The summed E-state index contributed by atoms with van der Waals surface area (Å²) < 4.78 is 0. The van der Waals surface area contributed by atoms with Gasteiger partial charge in [0.1, 0.15) is 0 Å². The molecule has 1 heterocycles. The predicted molar refractivity (Wildman–Crippen MR) is 83.2 cm³/mol. The highest BCUT2D eigenvalue weighted by molar-refractivity contribution is 7.09. The van der Waals surface area contributed by atoms with Gasteiger partial charge in [0.2, 0.25) is 0 Å². The van der Waals surface area contributed by atoms with Crippen LogP contribution in [0.25, 0.3) is 0 Å². The molecule has 2 aromatic rings. The van der Waals surface area contributed by atoms with Crippen molar-refractivity contribution >= 4 is 22.9 Å². The number of aryl methyl sites for hydroxylation is 2. The van der Waals surface area contributed by atoms with E-state index in [0.29, 0.717) is 0 Å². The van der Waals surface area contributed by atoms with Crippen molar-refractivity contribution in [2.75, 3.05) is 6.54 Å². The fourth-order valence-electron chi connectivity index (χ4n) is 1.98. The number of hydrogen-bond donors (Lipinski definition) is 1. The van der Waals surface area contributed by atoms with E-state index >= 15 is 0 Å². The molecule has 0 aliphatic rings. The molecule has 19 heavy (non-hydrogen) atoms. The summed E-state index contributed by atoms with van der Waals surface area (Å²) in [5, 5.41) is 7.58. The summed E-state index contributed by atoms with van der Waals surface area (Å²) in [6.07, 6.45) is 1.10. The molecule has 1 N–H and O–H groups in total. The number of benzene rings is 1. The lowest BCUT2D eigenvalue weighted by Crippen LogP contribution is -2.23. The minimum atomic E-state index is 0.128. The second kappa shape index (κ2) is 6.51. The molecule has 0 fully saturated rings. The smallest absolute Gasteiger partial charge is 0.0898 e. The average molecular weight is 295 g/mol. The Labute approximate surface area is 123 Å². The molecule has 0 radical (unpaired) electrons. The van der Waals surface area contributed by atoms with Gasteiger partial charge in [0.15, 0.2) is 0 Å². The van der Waals surface area contributed by atoms with Gasteiger partial charge >= 0.3 is 0 Å². The van der Waals surface area contributed by atoms with Gasteiger partial charge in [-0.3, -0.25) is 0 Å². The molecule has 4 heteroatoms. The van der Waals surface area contributed by atoms with E-state index in [1.54, 1.807) is 11.3 Å². The highest BCUT2D eigenvalue weighted by atomic mass is 35.5. The summed E-state index contributed by atoms with van der Waals surface area (Å²) >= 11 is 7.92. The van der Waals surface area contributed by atoms with Crippen molar-refractivity contribution in [3.63, 3.8) is 0 Å². The summed E-state index contributed by atoms with van der Waals surface area (Å²) in [5.74, 6) is 0. The zero-order valence-electron chi connectivity index (χ0n) is 11.5. The summed E-state index contributed by atoms with van der Waals surface area (Å²) in [6, 6.07) is 6.36. The van der Waals surface area contributed by atoms with Crippen molar-refractivity contribution in [1.82, 2.24) is 10.3 Å². The van der Waals surface area contributed by atoms with Crippen LogP contribution in [0, 0.1) is 13.8 Å². The standard InChI is InChI=1S/C15H19ClN2S/c1-4-7-17-15(14-9-19-11(3)18-14)12-6-5-10(2)13(16)8-12/h5-6,8-9,15,17H,4,7H2,1-3H3. The molecule has 0 bridgehead atoms. The summed E-state index contributed by atoms with van der Waals surface area (Å²) in [4.78, 5) is 4.61. The Morgan fingerprint density at radius 2 is 2.16 bits per heavy atom. The largest absolute Gasteiger partial charge is 0.305 e. The lowest BCUT2D eigenvalue weighted by Gasteiger charge is -2.18. The van der Waals surface area contributed by atoms with Crippen molar-refractivity contribution in [3.8, 4) is 0 Å². The Balaban J connectivity index is 2.33. The number of halogens is 1. The number of nitrogens with one attached hydrogen (secondary N) is 1. The van der Waals surface area contributed by atoms with Gasteiger partial charge in [-0.05, 0) is 44.0 Å². The van der Waals surface area contributed by atoms with Crippen molar-refractivity contribution < 1.29 is 0 Å². The SMILES string of the molecule is CCCNC(c1ccc(C)c(Cl)c1)c1csc(C)n1. The third kappa shape index (κ3) is 3.56. The van der Waals surface area contributed by atoms with Crippen LogP contribution in [0.3, 0.4) is 0 Å². The molecule has 0 amide bonds. The molecule has 2 rings (SSSR count). The van der Waals surface area contributed by atoms with E-state index in [2.05, 4.69) is 34.7 Å². The molecule has 2 nitrogen and oxygen atoms in total. The molecule has 0 saturated carbocycles. The van der Waals surface area contributed by atoms with Crippen LogP contribution in [0.1, 0.15) is 41.2 Å². The Kier molecular flexibility index (Phi) is 4.97. The van der Waals surface area contributed by atoms with E-state index < -0.39 is 0 Å². The van der Waals surface area contributed by atoms with Crippen LogP contribution >= 0.6 is 22.9 Å². The molecule has 1 aromatic heterocycles. The molecule has 1 atom stereocenters. The molecule has 0 saturated heterocycles. The molecule has 0 aliphatic carbocycles. The first-order valence-corrected chi connectivity index (χ1v) is 7.79. The Morgan fingerprint density at radius 1 is 1.37 bits per heavy atom. The number of aromatic nitrogens is 1. The number of hydrogen-bond acceptors (Lipinski definition) is 3. The zero-order chi connectivity index (χ0) is 13.8. The van der Waals surface area contributed by atoms with Gasteiger partial charge in [-0.1, -0.05) is 30.7 Å². The predicted octanol–water partition coefficient (Wildman–Crippen LogP) is 4.50. The van der Waals surface area contributed by atoms with Gasteiger partial charge in [0, 0.05) is 10.4 Å². The van der Waals surface area contributed by atoms with Crippen LogP contribution in [0.2, 0.25) is 5.02 Å². The van der Waals surface area contributed by atoms with E-state index in [9.17, 15) is 0 Å². The molecule has 1 aromatic carbocycles. The van der Waals surface area contributed by atoms with Crippen molar-refractivity contribution in [2.45, 2.75) is 33.2 Å². The Hall–Kier alpha value is -0.900. The maximum Gasteiger partial charge on any atom is 0.0898 e. The van der Waals surface area contributed by atoms with Crippen LogP contribution in [0.15, 0.2) is 23.6 Å². The minimum absolute atomic E-state index is 0.128. The fraction of sp³-hybridized carbons (Fsp3) is 0.400. The summed E-state index contributed by atoms with van der Waals surface area (Å²) in [6.45, 7) is 7.19. The van der Waals surface area contributed by atoms with Gasteiger partial charge in [0.25, 0.3) is 0 Å². The lowest BCUT2D eigenvalue weighted by atomic mass is 10.0. The molecular formula is C15H19ClN2S. The molecule has 1 unspecified atom stereocenters. The fourth-order valence-corrected chi connectivity index (χ4v) is 2.81. The number of thiazole rings is 1. The Bertz CT molecular complexity index is 551. The van der Waals surface area contributed by atoms with E-state index in [1.165, 1.54) is 5.56 Å². The maximum absolute atomic E-state index is 6.24. The van der Waals surface area contributed by atoms with E-state index in [0.717, 1.165) is 34.3 Å². The summed E-state index contributed by atoms with van der Waals surface area (Å²) in [7, 11) is 0. The van der Waals surface area contributed by atoms with Crippen LogP contribution in [0.5, 0.6) is 0 Å². The first kappa shape index (κ1) is 14.5. The van der Waals surface area contributed by atoms with Gasteiger partial charge in [-0.2, -0.15) is 0 Å². The van der Waals surface area contributed by atoms with E-state index in [1.807, 2.05) is 19.9 Å². The number of nitrogens with zero attached hydrogens (tertiary/aromatic N) is 1. The highest BCUT2D eigenvalue weighted by Gasteiger charge is 2.16. The van der Waals surface area contributed by atoms with Gasteiger partial charge in [-0.15, -0.1) is 11.3 Å². The van der Waals surface area contributed by atoms with Gasteiger partial charge in [0.05, 0.1) is 16.7 Å². The molecular weight excluding hydrogens is 276 g/mol. The monoisotopic (exact) mass is 294 g/mol. The third-order valence-electron chi connectivity index (χ3n) is 3.06. The van der Waals surface area contributed by atoms with Gasteiger partial charge < -0.3 is 5.32 Å². The second-order valence-electron chi connectivity index (χ2n) is 4.69. The normalized spacial score (nSPS) is 12.6. The lowest BCUT2D eigenvalue weighted by molar-refractivity contribution is 0.588. The van der Waals surface area contributed by atoms with Crippen molar-refractivity contribution in [2.24, 2.45) is 0 Å². The van der Waals surface area contributed by atoms with E-state index in [4.69, 9.17) is 11.6 Å². The first-order chi connectivity index (χ1) is 9.11. The van der Waals surface area contributed by atoms with Crippen LogP contribution < -0.4 is 5.32 Å². The Morgan fingerprint density at radius 3 is 2.74 bits per heavy atom. The minimum Gasteiger partial charge on any atom is -0.305 e. The zero-order valence-corrected chi connectivity index (χ0v) is 13.1. The second-order valence-corrected chi connectivity index (χ2v) is 6.16. The van der Waals surface area contributed by atoms with Crippen LogP contribution in [-0.2, 0) is 0 Å². The number of rotatable bonds is 5. The maximum atomic E-state index is 6.24. The van der Waals surface area contributed by atoms with Gasteiger partial charge in [-0.25, -0.2) is 4.98 Å². The highest BCUT2D eigenvalue weighted by Crippen LogP contribution is 2.27.